The van der Waals surface area contributed by atoms with E-state index in [-0.39, 0.29) is 0 Å². The maximum Gasteiger partial charge on any atom is 0.0720 e. The van der Waals surface area contributed by atoms with Gasteiger partial charge in [-0.2, -0.15) is 0 Å². The Hall–Kier alpha value is -0.860. The van der Waals surface area contributed by atoms with E-state index in [1.54, 1.807) is 0 Å². The van der Waals surface area contributed by atoms with Gasteiger partial charge < -0.3 is 10.1 Å². The lowest BCUT2D eigenvalue weighted by atomic mass is 10.1. The standard InChI is InChI=1S/C14H23NO/c1-4-9-16-11-14-8-6-5-7-13(14)10-15-12(2)3/h5-8,12,15H,4,9-11H2,1-3H3. The Morgan fingerprint density at radius 2 is 1.88 bits per heavy atom. The lowest BCUT2D eigenvalue weighted by Crippen LogP contribution is -2.22. The number of hydrogen-bond donors (Lipinski definition) is 1. The Morgan fingerprint density at radius 1 is 1.19 bits per heavy atom. The molecular formula is C14H23NO. The van der Waals surface area contributed by atoms with Crippen LogP contribution in [0.25, 0.3) is 0 Å². The molecule has 0 bridgehead atoms. The van der Waals surface area contributed by atoms with Crippen LogP contribution in [0.1, 0.15) is 38.3 Å². The first kappa shape index (κ1) is 13.2. The molecule has 0 atom stereocenters. The largest absolute Gasteiger partial charge is 0.377 e. The summed E-state index contributed by atoms with van der Waals surface area (Å²) in [4.78, 5) is 0. The van der Waals surface area contributed by atoms with Crippen LogP contribution in [-0.2, 0) is 17.9 Å². The van der Waals surface area contributed by atoms with Gasteiger partial charge in [-0.1, -0.05) is 45.0 Å². The highest BCUT2D eigenvalue weighted by Crippen LogP contribution is 2.10. The average Bonchev–Trinajstić information content (AvgIpc) is 2.28. The first-order valence-corrected chi connectivity index (χ1v) is 6.12. The van der Waals surface area contributed by atoms with Gasteiger partial charge in [0.05, 0.1) is 6.61 Å². The third-order valence-corrected chi connectivity index (χ3v) is 2.43. The van der Waals surface area contributed by atoms with Gasteiger partial charge in [-0.05, 0) is 17.5 Å². The van der Waals surface area contributed by atoms with Crippen molar-refractivity contribution in [3.05, 3.63) is 35.4 Å². The number of nitrogens with one attached hydrogen (secondary N) is 1. The second-order valence-electron chi connectivity index (χ2n) is 4.36. The second kappa shape index (κ2) is 7.42. The van der Waals surface area contributed by atoms with Crippen LogP contribution in [0.2, 0.25) is 0 Å². The molecule has 0 saturated heterocycles. The van der Waals surface area contributed by atoms with Crippen LogP contribution in [0, 0.1) is 0 Å². The summed E-state index contributed by atoms with van der Waals surface area (Å²) in [7, 11) is 0. The zero-order valence-electron chi connectivity index (χ0n) is 10.6. The molecular weight excluding hydrogens is 198 g/mol. The molecule has 0 amide bonds. The maximum absolute atomic E-state index is 5.59. The first-order chi connectivity index (χ1) is 7.74. The monoisotopic (exact) mass is 221 g/mol. The van der Waals surface area contributed by atoms with Gasteiger partial charge in [0, 0.05) is 19.2 Å². The van der Waals surface area contributed by atoms with E-state index in [1.165, 1.54) is 11.1 Å². The Bertz CT molecular complexity index is 297. The first-order valence-electron chi connectivity index (χ1n) is 6.12. The van der Waals surface area contributed by atoms with Gasteiger partial charge >= 0.3 is 0 Å². The van der Waals surface area contributed by atoms with Crippen molar-refractivity contribution < 1.29 is 4.74 Å². The molecule has 0 aromatic heterocycles. The van der Waals surface area contributed by atoms with Crippen LogP contribution in [0.5, 0.6) is 0 Å². The Kier molecular flexibility index (Phi) is 6.12. The lowest BCUT2D eigenvalue weighted by Gasteiger charge is -2.12. The predicted molar refractivity (Wildman–Crippen MR) is 68.4 cm³/mol. The number of hydrogen-bond acceptors (Lipinski definition) is 2. The molecule has 1 aromatic rings. The van der Waals surface area contributed by atoms with Gasteiger partial charge in [0.1, 0.15) is 0 Å². The third-order valence-electron chi connectivity index (χ3n) is 2.43. The molecule has 0 fully saturated rings. The average molecular weight is 221 g/mol. The molecule has 0 aliphatic carbocycles. The second-order valence-corrected chi connectivity index (χ2v) is 4.36. The fourth-order valence-corrected chi connectivity index (χ4v) is 1.51. The molecule has 1 N–H and O–H groups in total. The fourth-order valence-electron chi connectivity index (χ4n) is 1.51. The van der Waals surface area contributed by atoms with Crippen LogP contribution >= 0.6 is 0 Å². The van der Waals surface area contributed by atoms with Crippen molar-refractivity contribution in [2.75, 3.05) is 6.61 Å². The van der Waals surface area contributed by atoms with Crippen LogP contribution in [0.3, 0.4) is 0 Å². The molecule has 1 rings (SSSR count). The van der Waals surface area contributed by atoms with E-state index < -0.39 is 0 Å². The van der Waals surface area contributed by atoms with Gasteiger partial charge in [0.15, 0.2) is 0 Å². The van der Waals surface area contributed by atoms with Crippen molar-refractivity contribution in [3.63, 3.8) is 0 Å². The number of ether oxygens (including phenoxy) is 1. The molecule has 0 aliphatic rings. The van der Waals surface area contributed by atoms with Crippen molar-refractivity contribution in [1.82, 2.24) is 5.32 Å². The Labute approximate surface area is 99.0 Å². The minimum Gasteiger partial charge on any atom is -0.377 e. The van der Waals surface area contributed by atoms with E-state index in [9.17, 15) is 0 Å². The molecule has 0 heterocycles. The fraction of sp³-hybridized carbons (Fsp3) is 0.571. The molecule has 2 nitrogen and oxygen atoms in total. The SMILES string of the molecule is CCCOCc1ccccc1CNC(C)C. The van der Waals surface area contributed by atoms with Crippen LogP contribution in [-0.4, -0.2) is 12.6 Å². The Balaban J connectivity index is 2.53. The summed E-state index contributed by atoms with van der Waals surface area (Å²) in [5, 5.41) is 3.44. The van der Waals surface area contributed by atoms with E-state index in [1.807, 2.05) is 0 Å². The molecule has 2 heteroatoms. The number of rotatable bonds is 7. The summed E-state index contributed by atoms with van der Waals surface area (Å²) in [6, 6.07) is 8.99. The highest BCUT2D eigenvalue weighted by Gasteiger charge is 2.02. The molecule has 90 valence electrons. The zero-order chi connectivity index (χ0) is 11.8. The highest BCUT2D eigenvalue weighted by molar-refractivity contribution is 5.26. The normalized spacial score (nSPS) is 11.0. The van der Waals surface area contributed by atoms with E-state index in [0.29, 0.717) is 6.04 Å². The third kappa shape index (κ3) is 4.77. The quantitative estimate of drug-likeness (QED) is 0.714. The van der Waals surface area contributed by atoms with Gasteiger partial charge in [-0.3, -0.25) is 0 Å². The number of benzene rings is 1. The molecule has 0 aliphatic heterocycles. The van der Waals surface area contributed by atoms with E-state index in [2.05, 4.69) is 50.4 Å². The summed E-state index contributed by atoms with van der Waals surface area (Å²) in [6.45, 7) is 8.94. The molecule has 1 aromatic carbocycles. The van der Waals surface area contributed by atoms with Gasteiger partial charge in [-0.25, -0.2) is 0 Å². The van der Waals surface area contributed by atoms with Crippen molar-refractivity contribution in [2.24, 2.45) is 0 Å². The maximum atomic E-state index is 5.59. The van der Waals surface area contributed by atoms with Crippen LogP contribution in [0.4, 0.5) is 0 Å². The highest BCUT2D eigenvalue weighted by atomic mass is 16.5. The van der Waals surface area contributed by atoms with Gasteiger partial charge in [-0.15, -0.1) is 0 Å². The minimum absolute atomic E-state index is 0.518. The van der Waals surface area contributed by atoms with Crippen molar-refractivity contribution in [3.8, 4) is 0 Å². The summed E-state index contributed by atoms with van der Waals surface area (Å²) < 4.78 is 5.59. The van der Waals surface area contributed by atoms with Gasteiger partial charge in [0.25, 0.3) is 0 Å². The summed E-state index contributed by atoms with van der Waals surface area (Å²) in [6.07, 6.45) is 1.08. The summed E-state index contributed by atoms with van der Waals surface area (Å²) in [5.41, 5.74) is 2.64. The molecule has 0 spiro atoms. The molecule has 0 unspecified atom stereocenters. The molecule has 16 heavy (non-hydrogen) atoms. The van der Waals surface area contributed by atoms with Crippen molar-refractivity contribution in [1.29, 1.82) is 0 Å². The van der Waals surface area contributed by atoms with Gasteiger partial charge in [0.2, 0.25) is 0 Å². The minimum atomic E-state index is 0.518. The summed E-state index contributed by atoms with van der Waals surface area (Å²) >= 11 is 0. The molecule has 0 radical (unpaired) electrons. The van der Waals surface area contributed by atoms with Crippen molar-refractivity contribution in [2.45, 2.75) is 46.4 Å². The zero-order valence-corrected chi connectivity index (χ0v) is 10.6. The van der Waals surface area contributed by atoms with Crippen LogP contribution < -0.4 is 5.32 Å². The lowest BCUT2D eigenvalue weighted by molar-refractivity contribution is 0.121. The molecule has 0 saturated carbocycles. The van der Waals surface area contributed by atoms with E-state index in [0.717, 1.165) is 26.2 Å². The Morgan fingerprint density at radius 3 is 2.50 bits per heavy atom. The predicted octanol–water partition coefficient (Wildman–Crippen LogP) is 3.11. The van der Waals surface area contributed by atoms with Crippen molar-refractivity contribution >= 4 is 0 Å². The van der Waals surface area contributed by atoms with E-state index >= 15 is 0 Å². The van der Waals surface area contributed by atoms with E-state index in [4.69, 9.17) is 4.74 Å². The van der Waals surface area contributed by atoms with Crippen LogP contribution in [0.15, 0.2) is 24.3 Å². The smallest absolute Gasteiger partial charge is 0.0720 e. The topological polar surface area (TPSA) is 21.3 Å². The summed E-state index contributed by atoms with van der Waals surface area (Å²) in [5.74, 6) is 0.